The SMILES string of the molecule is Cc1ccc2oc(C(=O)N[C@@H](C)CN)cc2n1. The molecule has 3 N–H and O–H groups in total. The molecule has 0 aliphatic rings. The number of nitrogens with zero attached hydrogens (tertiary/aromatic N) is 1. The van der Waals surface area contributed by atoms with Crippen molar-refractivity contribution in [1.82, 2.24) is 10.3 Å². The van der Waals surface area contributed by atoms with Gasteiger partial charge in [0.1, 0.15) is 5.52 Å². The monoisotopic (exact) mass is 233 g/mol. The van der Waals surface area contributed by atoms with Gasteiger partial charge in [0.15, 0.2) is 11.3 Å². The van der Waals surface area contributed by atoms with Gasteiger partial charge in [0, 0.05) is 24.3 Å². The van der Waals surface area contributed by atoms with E-state index in [4.69, 9.17) is 10.2 Å². The predicted molar refractivity (Wildman–Crippen MR) is 64.7 cm³/mol. The van der Waals surface area contributed by atoms with Crippen LogP contribution in [0.1, 0.15) is 23.2 Å². The molecular weight excluding hydrogens is 218 g/mol. The summed E-state index contributed by atoms with van der Waals surface area (Å²) in [5, 5.41) is 2.74. The van der Waals surface area contributed by atoms with Crippen molar-refractivity contribution >= 4 is 17.0 Å². The summed E-state index contributed by atoms with van der Waals surface area (Å²) in [7, 11) is 0. The van der Waals surface area contributed by atoms with E-state index in [0.29, 0.717) is 17.6 Å². The van der Waals surface area contributed by atoms with Gasteiger partial charge in [-0.2, -0.15) is 0 Å². The average molecular weight is 233 g/mol. The molecule has 0 bridgehead atoms. The summed E-state index contributed by atoms with van der Waals surface area (Å²) in [5.74, 6) is -0.00277. The minimum Gasteiger partial charge on any atom is -0.449 e. The third-order valence-corrected chi connectivity index (χ3v) is 2.47. The number of amides is 1. The van der Waals surface area contributed by atoms with Gasteiger partial charge in [0.25, 0.3) is 5.91 Å². The molecule has 1 amide bonds. The van der Waals surface area contributed by atoms with E-state index in [1.54, 1.807) is 12.1 Å². The van der Waals surface area contributed by atoms with Crippen LogP contribution in [0.25, 0.3) is 11.1 Å². The lowest BCUT2D eigenvalue weighted by Crippen LogP contribution is -2.37. The van der Waals surface area contributed by atoms with Crippen molar-refractivity contribution in [3.63, 3.8) is 0 Å². The van der Waals surface area contributed by atoms with Gasteiger partial charge < -0.3 is 15.5 Å². The highest BCUT2D eigenvalue weighted by Crippen LogP contribution is 2.17. The zero-order chi connectivity index (χ0) is 12.4. The molecule has 0 aromatic carbocycles. The number of carbonyl (C=O) groups is 1. The lowest BCUT2D eigenvalue weighted by Gasteiger charge is -2.08. The minimum absolute atomic E-state index is 0.0783. The van der Waals surface area contributed by atoms with Crippen LogP contribution >= 0.6 is 0 Å². The number of fused-ring (bicyclic) bond motifs is 1. The van der Waals surface area contributed by atoms with Crippen molar-refractivity contribution in [3.8, 4) is 0 Å². The standard InChI is InChI=1S/C12H15N3O2/c1-7-3-4-10-9(14-7)5-11(17-10)12(16)15-8(2)6-13/h3-5,8H,6,13H2,1-2H3,(H,15,16)/t8-/m0/s1. The molecule has 1 atom stereocenters. The van der Waals surface area contributed by atoms with Gasteiger partial charge in [-0.15, -0.1) is 0 Å². The van der Waals surface area contributed by atoms with Crippen LogP contribution in [0, 0.1) is 6.92 Å². The van der Waals surface area contributed by atoms with E-state index < -0.39 is 0 Å². The minimum atomic E-state index is -0.265. The average Bonchev–Trinajstić information content (AvgIpc) is 2.71. The van der Waals surface area contributed by atoms with Crippen LogP contribution < -0.4 is 11.1 Å². The second-order valence-corrected chi connectivity index (χ2v) is 4.06. The summed E-state index contributed by atoms with van der Waals surface area (Å²) < 4.78 is 5.41. The van der Waals surface area contributed by atoms with Gasteiger partial charge in [0.05, 0.1) is 0 Å². The summed E-state index contributed by atoms with van der Waals surface area (Å²) in [6.45, 7) is 4.12. The van der Waals surface area contributed by atoms with Gasteiger partial charge in [-0.1, -0.05) is 0 Å². The number of hydrogen-bond donors (Lipinski definition) is 2. The molecule has 2 rings (SSSR count). The van der Waals surface area contributed by atoms with E-state index in [9.17, 15) is 4.79 Å². The predicted octanol–water partition coefficient (Wildman–Crippen LogP) is 1.21. The molecule has 0 fully saturated rings. The Morgan fingerprint density at radius 2 is 2.35 bits per heavy atom. The van der Waals surface area contributed by atoms with Crippen molar-refractivity contribution in [2.75, 3.05) is 6.54 Å². The maximum atomic E-state index is 11.8. The van der Waals surface area contributed by atoms with Crippen LogP contribution in [0.15, 0.2) is 22.6 Å². The second-order valence-electron chi connectivity index (χ2n) is 4.06. The fraction of sp³-hybridized carbons (Fsp3) is 0.333. The summed E-state index contributed by atoms with van der Waals surface area (Å²) in [4.78, 5) is 16.1. The molecule has 0 spiro atoms. The fourth-order valence-electron chi connectivity index (χ4n) is 1.49. The number of aromatic nitrogens is 1. The molecule has 0 aliphatic heterocycles. The first-order chi connectivity index (χ1) is 8.10. The number of carbonyl (C=O) groups excluding carboxylic acids is 1. The number of rotatable bonds is 3. The maximum Gasteiger partial charge on any atom is 0.287 e. The number of aryl methyl sites for hydroxylation is 1. The highest BCUT2D eigenvalue weighted by atomic mass is 16.3. The van der Waals surface area contributed by atoms with Gasteiger partial charge in [0.2, 0.25) is 0 Å². The first-order valence-corrected chi connectivity index (χ1v) is 5.48. The van der Waals surface area contributed by atoms with Crippen LogP contribution in [-0.2, 0) is 0 Å². The molecular formula is C12H15N3O2. The first kappa shape index (κ1) is 11.6. The Morgan fingerprint density at radius 1 is 1.59 bits per heavy atom. The van der Waals surface area contributed by atoms with E-state index in [1.165, 1.54) is 0 Å². The molecule has 17 heavy (non-hydrogen) atoms. The topological polar surface area (TPSA) is 81.2 Å². The molecule has 2 aromatic rings. The molecule has 2 aromatic heterocycles. The molecule has 0 saturated carbocycles. The van der Waals surface area contributed by atoms with Crippen molar-refractivity contribution < 1.29 is 9.21 Å². The van der Waals surface area contributed by atoms with Gasteiger partial charge >= 0.3 is 0 Å². The van der Waals surface area contributed by atoms with E-state index in [2.05, 4.69) is 10.3 Å². The van der Waals surface area contributed by atoms with Crippen LogP contribution in [-0.4, -0.2) is 23.5 Å². The molecule has 5 nitrogen and oxygen atoms in total. The Morgan fingerprint density at radius 3 is 3.06 bits per heavy atom. The Labute approximate surface area is 99.0 Å². The summed E-state index contributed by atoms with van der Waals surface area (Å²) in [5.41, 5.74) is 7.63. The zero-order valence-corrected chi connectivity index (χ0v) is 9.86. The molecule has 90 valence electrons. The van der Waals surface area contributed by atoms with Crippen molar-refractivity contribution in [2.24, 2.45) is 5.73 Å². The summed E-state index contributed by atoms with van der Waals surface area (Å²) >= 11 is 0. The van der Waals surface area contributed by atoms with Crippen LogP contribution in [0.4, 0.5) is 0 Å². The molecule has 0 radical (unpaired) electrons. The quantitative estimate of drug-likeness (QED) is 0.835. The Kier molecular flexibility index (Phi) is 3.10. The van der Waals surface area contributed by atoms with E-state index >= 15 is 0 Å². The molecule has 0 aliphatic carbocycles. The Balaban J connectivity index is 2.27. The summed E-state index contributed by atoms with van der Waals surface area (Å²) in [6, 6.07) is 5.21. The van der Waals surface area contributed by atoms with Crippen LogP contribution in [0.3, 0.4) is 0 Å². The largest absolute Gasteiger partial charge is 0.449 e. The van der Waals surface area contributed by atoms with E-state index in [-0.39, 0.29) is 17.7 Å². The molecule has 5 heteroatoms. The van der Waals surface area contributed by atoms with Crippen LogP contribution in [0.2, 0.25) is 0 Å². The lowest BCUT2D eigenvalue weighted by molar-refractivity contribution is 0.0915. The van der Waals surface area contributed by atoms with Gasteiger partial charge in [-0.05, 0) is 26.0 Å². The number of nitrogens with two attached hydrogens (primary N) is 1. The normalized spacial score (nSPS) is 12.6. The zero-order valence-electron chi connectivity index (χ0n) is 9.86. The molecule has 0 saturated heterocycles. The number of pyridine rings is 1. The Hall–Kier alpha value is -1.88. The highest BCUT2D eigenvalue weighted by Gasteiger charge is 2.14. The third kappa shape index (κ3) is 2.45. The van der Waals surface area contributed by atoms with E-state index in [1.807, 2.05) is 19.9 Å². The van der Waals surface area contributed by atoms with Crippen LogP contribution in [0.5, 0.6) is 0 Å². The number of hydrogen-bond acceptors (Lipinski definition) is 4. The number of nitrogens with one attached hydrogen (secondary N) is 1. The lowest BCUT2D eigenvalue weighted by atomic mass is 10.3. The number of furan rings is 1. The fourth-order valence-corrected chi connectivity index (χ4v) is 1.49. The van der Waals surface area contributed by atoms with Crippen molar-refractivity contribution in [1.29, 1.82) is 0 Å². The van der Waals surface area contributed by atoms with Crippen molar-refractivity contribution in [2.45, 2.75) is 19.9 Å². The van der Waals surface area contributed by atoms with Gasteiger partial charge in [-0.25, -0.2) is 4.98 Å². The highest BCUT2D eigenvalue weighted by molar-refractivity contribution is 5.95. The molecule has 2 heterocycles. The maximum absolute atomic E-state index is 11.8. The van der Waals surface area contributed by atoms with E-state index in [0.717, 1.165) is 5.69 Å². The first-order valence-electron chi connectivity index (χ1n) is 5.48. The van der Waals surface area contributed by atoms with Crippen molar-refractivity contribution in [3.05, 3.63) is 29.7 Å². The second kappa shape index (κ2) is 4.55. The summed E-state index contributed by atoms with van der Waals surface area (Å²) in [6.07, 6.45) is 0. The smallest absolute Gasteiger partial charge is 0.287 e. The molecule has 0 unspecified atom stereocenters. The Bertz CT molecular complexity index is 548. The third-order valence-electron chi connectivity index (χ3n) is 2.47. The van der Waals surface area contributed by atoms with Gasteiger partial charge in [-0.3, -0.25) is 4.79 Å².